The fourth-order valence-corrected chi connectivity index (χ4v) is 3.20. The highest BCUT2D eigenvalue weighted by atomic mass is 16.7. The van der Waals surface area contributed by atoms with Crippen LogP contribution in [-0.2, 0) is 20.7 Å². The van der Waals surface area contributed by atoms with E-state index in [1.165, 1.54) is 0 Å². The first-order valence-electron chi connectivity index (χ1n) is 8.39. The van der Waals surface area contributed by atoms with Crippen molar-refractivity contribution >= 4 is 5.91 Å². The third-order valence-corrected chi connectivity index (χ3v) is 4.68. The number of carbonyl (C=O) groups is 1. The number of carbonyl (C=O) groups excluding carboxylic acids is 1. The summed E-state index contributed by atoms with van der Waals surface area (Å²) in [6.07, 6.45) is 3.83. The molecule has 1 amide bonds. The van der Waals surface area contributed by atoms with Crippen LogP contribution in [0.15, 0.2) is 24.3 Å². The zero-order valence-electron chi connectivity index (χ0n) is 13.8. The van der Waals surface area contributed by atoms with Crippen molar-refractivity contribution in [3.8, 4) is 5.75 Å². The van der Waals surface area contributed by atoms with Crippen LogP contribution in [0.1, 0.15) is 31.2 Å². The number of piperidine rings is 1. The highest BCUT2D eigenvalue weighted by molar-refractivity contribution is 5.76. The highest BCUT2D eigenvalue weighted by Gasteiger charge is 2.39. The van der Waals surface area contributed by atoms with Crippen LogP contribution < -0.4 is 4.74 Å². The van der Waals surface area contributed by atoms with Gasteiger partial charge in [0.1, 0.15) is 5.75 Å². The number of nitrogens with zero attached hydrogens (tertiary/aromatic N) is 1. The van der Waals surface area contributed by atoms with Gasteiger partial charge >= 0.3 is 0 Å². The van der Waals surface area contributed by atoms with Crippen molar-refractivity contribution in [1.29, 1.82) is 0 Å². The van der Waals surface area contributed by atoms with E-state index in [2.05, 4.69) is 0 Å². The van der Waals surface area contributed by atoms with Gasteiger partial charge in [0.05, 0.1) is 20.3 Å². The molecule has 0 aliphatic carbocycles. The van der Waals surface area contributed by atoms with Crippen molar-refractivity contribution in [3.05, 3.63) is 29.8 Å². The number of rotatable bonds is 4. The van der Waals surface area contributed by atoms with E-state index >= 15 is 0 Å². The zero-order chi connectivity index (χ0) is 16.1. The SMILES string of the molecule is COc1ccc(CCC(=O)N2CCC3(CC2)OCCCO3)cc1. The molecule has 0 saturated carbocycles. The maximum Gasteiger partial charge on any atom is 0.222 e. The summed E-state index contributed by atoms with van der Waals surface area (Å²) in [7, 11) is 1.65. The summed E-state index contributed by atoms with van der Waals surface area (Å²) in [5, 5.41) is 0. The molecule has 23 heavy (non-hydrogen) atoms. The second-order valence-electron chi connectivity index (χ2n) is 6.19. The van der Waals surface area contributed by atoms with Gasteiger partial charge in [0.15, 0.2) is 5.79 Å². The Labute approximate surface area is 137 Å². The van der Waals surface area contributed by atoms with E-state index in [0.717, 1.165) is 63.3 Å². The molecule has 0 N–H and O–H groups in total. The van der Waals surface area contributed by atoms with Crippen molar-refractivity contribution in [2.24, 2.45) is 0 Å². The average molecular weight is 319 g/mol. The molecule has 2 fully saturated rings. The van der Waals surface area contributed by atoms with Crippen LogP contribution in [0.3, 0.4) is 0 Å². The number of hydrogen-bond donors (Lipinski definition) is 0. The molecule has 0 aromatic heterocycles. The fourth-order valence-electron chi connectivity index (χ4n) is 3.20. The van der Waals surface area contributed by atoms with Crippen molar-refractivity contribution in [2.45, 2.75) is 37.9 Å². The molecule has 5 nitrogen and oxygen atoms in total. The number of hydrogen-bond acceptors (Lipinski definition) is 4. The molecule has 1 spiro atoms. The summed E-state index contributed by atoms with van der Waals surface area (Å²) in [5.41, 5.74) is 1.16. The number of benzene rings is 1. The molecule has 3 rings (SSSR count). The minimum atomic E-state index is -0.426. The molecule has 0 radical (unpaired) electrons. The summed E-state index contributed by atoms with van der Waals surface area (Å²) in [5.74, 6) is 0.630. The van der Waals surface area contributed by atoms with E-state index in [9.17, 15) is 4.79 Å². The number of aryl methyl sites for hydroxylation is 1. The summed E-state index contributed by atoms with van der Waals surface area (Å²) >= 11 is 0. The Hall–Kier alpha value is -1.59. The maximum atomic E-state index is 12.4. The van der Waals surface area contributed by atoms with Gasteiger partial charge in [-0.05, 0) is 30.5 Å². The van der Waals surface area contributed by atoms with E-state index < -0.39 is 5.79 Å². The summed E-state index contributed by atoms with van der Waals surface area (Å²) < 4.78 is 16.8. The highest BCUT2D eigenvalue weighted by Crippen LogP contribution is 2.31. The van der Waals surface area contributed by atoms with E-state index in [4.69, 9.17) is 14.2 Å². The second-order valence-corrected chi connectivity index (χ2v) is 6.19. The Bertz CT molecular complexity index is 512. The normalized spacial score (nSPS) is 20.5. The van der Waals surface area contributed by atoms with Crippen LogP contribution in [0.4, 0.5) is 0 Å². The Balaban J connectivity index is 1.45. The van der Waals surface area contributed by atoms with Gasteiger partial charge in [0.25, 0.3) is 0 Å². The quantitative estimate of drug-likeness (QED) is 0.855. The van der Waals surface area contributed by atoms with Crippen LogP contribution in [0.2, 0.25) is 0 Å². The summed E-state index contributed by atoms with van der Waals surface area (Å²) in [6, 6.07) is 7.90. The zero-order valence-corrected chi connectivity index (χ0v) is 13.8. The van der Waals surface area contributed by atoms with E-state index in [1.807, 2.05) is 29.2 Å². The standard InChI is InChI=1S/C18H25NO4/c1-21-16-6-3-15(4-7-16)5-8-17(20)19-11-9-18(10-12-19)22-13-2-14-23-18/h3-4,6-7H,2,5,8-14H2,1H3. The maximum absolute atomic E-state index is 12.4. The number of likely N-dealkylation sites (tertiary alicyclic amines) is 1. The van der Waals surface area contributed by atoms with E-state index in [0.29, 0.717) is 6.42 Å². The molecular weight excluding hydrogens is 294 g/mol. The molecule has 1 aromatic carbocycles. The molecule has 0 unspecified atom stereocenters. The third-order valence-electron chi connectivity index (χ3n) is 4.68. The topological polar surface area (TPSA) is 48.0 Å². The lowest BCUT2D eigenvalue weighted by Gasteiger charge is -2.43. The first-order chi connectivity index (χ1) is 11.2. The van der Waals surface area contributed by atoms with Crippen LogP contribution in [-0.4, -0.2) is 50.0 Å². The molecule has 2 aliphatic heterocycles. The molecule has 0 bridgehead atoms. The largest absolute Gasteiger partial charge is 0.497 e. The Kier molecular flexibility index (Phi) is 5.18. The molecule has 2 aliphatic rings. The van der Waals surface area contributed by atoms with Gasteiger partial charge in [-0.3, -0.25) is 4.79 Å². The number of methoxy groups -OCH3 is 1. The lowest BCUT2D eigenvalue weighted by atomic mass is 10.0. The van der Waals surface area contributed by atoms with E-state index in [-0.39, 0.29) is 5.91 Å². The Morgan fingerprint density at radius 2 is 1.83 bits per heavy atom. The number of ether oxygens (including phenoxy) is 3. The van der Waals surface area contributed by atoms with Crippen LogP contribution in [0.25, 0.3) is 0 Å². The monoisotopic (exact) mass is 319 g/mol. The first kappa shape index (κ1) is 16.3. The number of amides is 1. The molecule has 0 atom stereocenters. The van der Waals surface area contributed by atoms with Gasteiger partial charge in [-0.1, -0.05) is 12.1 Å². The van der Waals surface area contributed by atoms with Gasteiger partial charge in [0.2, 0.25) is 5.91 Å². The molecule has 1 aromatic rings. The van der Waals surface area contributed by atoms with Gasteiger partial charge < -0.3 is 19.1 Å². The molecule has 126 valence electrons. The molecule has 2 heterocycles. The van der Waals surface area contributed by atoms with Crippen LogP contribution in [0.5, 0.6) is 5.75 Å². The van der Waals surface area contributed by atoms with Crippen LogP contribution >= 0.6 is 0 Å². The van der Waals surface area contributed by atoms with E-state index in [1.54, 1.807) is 7.11 Å². The lowest BCUT2D eigenvalue weighted by Crippen LogP contribution is -2.51. The van der Waals surface area contributed by atoms with Crippen molar-refractivity contribution < 1.29 is 19.0 Å². The minimum Gasteiger partial charge on any atom is -0.497 e. The first-order valence-corrected chi connectivity index (χ1v) is 8.39. The molecular formula is C18H25NO4. The second kappa shape index (κ2) is 7.32. The summed E-state index contributed by atoms with van der Waals surface area (Å²) in [6.45, 7) is 2.99. The molecule has 2 saturated heterocycles. The third kappa shape index (κ3) is 4.03. The summed E-state index contributed by atoms with van der Waals surface area (Å²) in [4.78, 5) is 14.3. The van der Waals surface area contributed by atoms with Crippen molar-refractivity contribution in [2.75, 3.05) is 33.4 Å². The van der Waals surface area contributed by atoms with Crippen molar-refractivity contribution in [1.82, 2.24) is 4.90 Å². The Morgan fingerprint density at radius 3 is 2.43 bits per heavy atom. The van der Waals surface area contributed by atoms with Gasteiger partial charge in [-0.25, -0.2) is 0 Å². The molecule has 5 heteroatoms. The smallest absolute Gasteiger partial charge is 0.222 e. The predicted molar refractivity (Wildman–Crippen MR) is 86.4 cm³/mol. The van der Waals surface area contributed by atoms with Gasteiger partial charge in [-0.2, -0.15) is 0 Å². The Morgan fingerprint density at radius 1 is 1.17 bits per heavy atom. The fraction of sp³-hybridized carbons (Fsp3) is 0.611. The predicted octanol–water partition coefficient (Wildman–Crippen LogP) is 2.38. The average Bonchev–Trinajstić information content (AvgIpc) is 2.61. The lowest BCUT2D eigenvalue weighted by molar-refractivity contribution is -0.282. The van der Waals surface area contributed by atoms with Crippen LogP contribution in [0, 0.1) is 0 Å². The van der Waals surface area contributed by atoms with Crippen molar-refractivity contribution in [3.63, 3.8) is 0 Å². The minimum absolute atomic E-state index is 0.214. The van der Waals surface area contributed by atoms with Gasteiger partial charge in [0, 0.05) is 32.4 Å². The van der Waals surface area contributed by atoms with Gasteiger partial charge in [-0.15, -0.1) is 0 Å².